The van der Waals surface area contributed by atoms with Gasteiger partial charge in [-0.3, -0.25) is 0 Å². The summed E-state index contributed by atoms with van der Waals surface area (Å²) < 4.78 is 0. The summed E-state index contributed by atoms with van der Waals surface area (Å²) in [6.45, 7) is 0. The lowest BCUT2D eigenvalue weighted by molar-refractivity contribution is 0.0527. The van der Waals surface area contributed by atoms with E-state index in [-0.39, 0.29) is 4.99 Å². The summed E-state index contributed by atoms with van der Waals surface area (Å²) >= 11 is 4.79. The minimum Gasteiger partial charge on any atom is -0.389 e. The van der Waals surface area contributed by atoms with Crippen molar-refractivity contribution in [3.63, 3.8) is 0 Å². The molecule has 4 nitrogen and oxygen atoms in total. The molecule has 5 heteroatoms. The molecule has 1 aromatic carbocycles. The van der Waals surface area contributed by atoms with E-state index in [4.69, 9.17) is 23.2 Å². The van der Waals surface area contributed by atoms with Crippen LogP contribution in [-0.2, 0) is 0 Å². The molecule has 0 aliphatic carbocycles. The van der Waals surface area contributed by atoms with Gasteiger partial charge in [-0.05, 0) is 5.56 Å². The lowest BCUT2D eigenvalue weighted by Gasteiger charge is -2.15. The third-order valence-electron chi connectivity index (χ3n) is 1.98. The molecule has 0 aliphatic rings. The van der Waals surface area contributed by atoms with Crippen LogP contribution in [0.2, 0.25) is 0 Å². The molecule has 0 amide bonds. The van der Waals surface area contributed by atoms with Crippen LogP contribution in [0.5, 0.6) is 0 Å². The number of thiocarbonyl (C=S) groups is 1. The number of aliphatic hydroxyl groups is 2. The van der Waals surface area contributed by atoms with Gasteiger partial charge >= 0.3 is 0 Å². The molecule has 0 fully saturated rings. The van der Waals surface area contributed by atoms with Crippen molar-refractivity contribution in [3.8, 4) is 6.07 Å². The summed E-state index contributed by atoms with van der Waals surface area (Å²) in [7, 11) is 0. The predicted molar refractivity (Wildman–Crippen MR) is 58.9 cm³/mol. The highest BCUT2D eigenvalue weighted by molar-refractivity contribution is 7.80. The molecule has 78 valence electrons. The Morgan fingerprint density at radius 2 is 2.00 bits per heavy atom. The van der Waals surface area contributed by atoms with E-state index in [1.54, 1.807) is 30.3 Å². The van der Waals surface area contributed by atoms with Gasteiger partial charge in [-0.25, -0.2) is 0 Å². The lowest BCUT2D eigenvalue weighted by Crippen LogP contribution is -2.20. The van der Waals surface area contributed by atoms with Crippen molar-refractivity contribution in [2.24, 2.45) is 5.73 Å². The molecule has 4 N–H and O–H groups in total. The Labute approximate surface area is 92.6 Å². The average Bonchev–Trinajstić information content (AvgIpc) is 2.27. The van der Waals surface area contributed by atoms with Gasteiger partial charge in [-0.1, -0.05) is 36.5 Å². The Bertz CT molecular complexity index is 414. The van der Waals surface area contributed by atoms with E-state index in [2.05, 4.69) is 0 Å². The molecule has 2 atom stereocenters. The molecule has 15 heavy (non-hydrogen) atoms. The maximum atomic E-state index is 9.63. The summed E-state index contributed by atoms with van der Waals surface area (Å²) in [5.41, 5.74) is 6.28. The summed E-state index contributed by atoms with van der Waals surface area (Å²) in [4.78, 5) is 0.120. The Kier molecular flexibility index (Phi) is 3.74. The number of rotatable bonds is 3. The predicted octanol–water partition coefficient (Wildman–Crippen LogP) is 0.239. The van der Waals surface area contributed by atoms with E-state index >= 15 is 0 Å². The average molecular weight is 222 g/mol. The van der Waals surface area contributed by atoms with Crippen LogP contribution in [0.15, 0.2) is 24.3 Å². The van der Waals surface area contributed by atoms with Gasteiger partial charge in [-0.2, -0.15) is 5.26 Å². The van der Waals surface area contributed by atoms with Crippen LogP contribution < -0.4 is 5.73 Å². The molecule has 0 heterocycles. The van der Waals surface area contributed by atoms with Crippen LogP contribution in [0, 0.1) is 11.3 Å². The van der Waals surface area contributed by atoms with Crippen molar-refractivity contribution in [3.05, 3.63) is 35.4 Å². The largest absolute Gasteiger partial charge is 0.389 e. The van der Waals surface area contributed by atoms with E-state index in [9.17, 15) is 10.2 Å². The summed E-state index contributed by atoms with van der Waals surface area (Å²) in [6.07, 6.45) is -2.78. The number of aliphatic hydroxyl groups excluding tert-OH is 2. The minimum atomic E-state index is -1.49. The molecule has 0 saturated carbocycles. The standard InChI is InChI=1S/C10H10N2O2S/c11-5-8(13)9(14)6-3-1-2-4-7(6)10(12)15/h1-4,8-9,13-14H,(H2,12,15). The maximum absolute atomic E-state index is 9.63. The fourth-order valence-electron chi connectivity index (χ4n) is 1.22. The number of benzene rings is 1. The molecule has 0 saturated heterocycles. The number of nitriles is 1. The zero-order valence-electron chi connectivity index (χ0n) is 7.79. The second kappa shape index (κ2) is 4.84. The molecule has 2 unspecified atom stereocenters. The highest BCUT2D eigenvalue weighted by Gasteiger charge is 2.20. The first kappa shape index (κ1) is 11.6. The van der Waals surface area contributed by atoms with Crippen molar-refractivity contribution in [1.82, 2.24) is 0 Å². The summed E-state index contributed by atoms with van der Waals surface area (Å²) in [5.74, 6) is 0. The monoisotopic (exact) mass is 222 g/mol. The highest BCUT2D eigenvalue weighted by Crippen LogP contribution is 2.20. The molecular formula is C10H10N2O2S. The van der Waals surface area contributed by atoms with Gasteiger partial charge in [0.25, 0.3) is 0 Å². The maximum Gasteiger partial charge on any atom is 0.170 e. The van der Waals surface area contributed by atoms with Gasteiger partial charge in [0, 0.05) is 5.56 Å². The van der Waals surface area contributed by atoms with E-state index in [1.807, 2.05) is 0 Å². The quantitative estimate of drug-likeness (QED) is 0.503. The van der Waals surface area contributed by atoms with Crippen LogP contribution in [0.3, 0.4) is 0 Å². The Balaban J connectivity index is 3.14. The fraction of sp³-hybridized carbons (Fsp3) is 0.200. The smallest absolute Gasteiger partial charge is 0.170 e. The van der Waals surface area contributed by atoms with E-state index in [0.29, 0.717) is 11.1 Å². The Hall–Kier alpha value is -1.48. The van der Waals surface area contributed by atoms with Crippen molar-refractivity contribution < 1.29 is 10.2 Å². The van der Waals surface area contributed by atoms with Gasteiger partial charge in [0.15, 0.2) is 6.10 Å². The Morgan fingerprint density at radius 3 is 2.53 bits per heavy atom. The number of hydrogen-bond donors (Lipinski definition) is 3. The normalized spacial score (nSPS) is 13.9. The third kappa shape index (κ3) is 2.50. The Morgan fingerprint density at radius 1 is 1.40 bits per heavy atom. The molecule has 1 rings (SSSR count). The summed E-state index contributed by atoms with van der Waals surface area (Å²) in [5, 5.41) is 27.3. The van der Waals surface area contributed by atoms with Gasteiger partial charge in [0.2, 0.25) is 0 Å². The van der Waals surface area contributed by atoms with Gasteiger partial charge in [0.1, 0.15) is 11.1 Å². The van der Waals surface area contributed by atoms with Crippen LogP contribution in [0.1, 0.15) is 17.2 Å². The molecule has 1 aromatic rings. The van der Waals surface area contributed by atoms with Crippen LogP contribution >= 0.6 is 12.2 Å². The molecule has 0 radical (unpaired) electrons. The fourth-order valence-corrected chi connectivity index (χ4v) is 1.41. The zero-order chi connectivity index (χ0) is 11.4. The topological polar surface area (TPSA) is 90.3 Å². The van der Waals surface area contributed by atoms with Crippen molar-refractivity contribution >= 4 is 17.2 Å². The van der Waals surface area contributed by atoms with Crippen LogP contribution in [0.25, 0.3) is 0 Å². The van der Waals surface area contributed by atoms with Crippen molar-refractivity contribution in [1.29, 1.82) is 5.26 Å². The van der Waals surface area contributed by atoms with Crippen molar-refractivity contribution in [2.75, 3.05) is 0 Å². The lowest BCUT2D eigenvalue weighted by atomic mass is 9.99. The van der Waals surface area contributed by atoms with Crippen LogP contribution in [0.4, 0.5) is 0 Å². The van der Waals surface area contributed by atoms with Gasteiger partial charge in [-0.15, -0.1) is 0 Å². The third-order valence-corrected chi connectivity index (χ3v) is 2.20. The van der Waals surface area contributed by atoms with Crippen LogP contribution in [-0.4, -0.2) is 21.3 Å². The second-order valence-corrected chi connectivity index (χ2v) is 3.41. The van der Waals surface area contributed by atoms with Gasteiger partial charge < -0.3 is 15.9 Å². The molecule has 0 bridgehead atoms. The molecule has 0 aliphatic heterocycles. The zero-order valence-corrected chi connectivity index (χ0v) is 8.61. The van der Waals surface area contributed by atoms with E-state index in [0.717, 1.165) is 0 Å². The molecular weight excluding hydrogens is 212 g/mol. The van der Waals surface area contributed by atoms with Crippen molar-refractivity contribution in [2.45, 2.75) is 12.2 Å². The van der Waals surface area contributed by atoms with E-state index in [1.165, 1.54) is 0 Å². The first-order chi connectivity index (χ1) is 7.07. The molecule has 0 spiro atoms. The number of hydrogen-bond acceptors (Lipinski definition) is 4. The number of nitrogens with two attached hydrogens (primary N) is 1. The van der Waals surface area contributed by atoms with E-state index < -0.39 is 12.2 Å². The SMILES string of the molecule is N#CC(O)C(O)c1ccccc1C(N)=S. The second-order valence-electron chi connectivity index (χ2n) is 2.97. The number of nitrogens with zero attached hydrogens (tertiary/aromatic N) is 1. The summed E-state index contributed by atoms with van der Waals surface area (Å²) in [6, 6.07) is 8.13. The first-order valence-electron chi connectivity index (χ1n) is 4.22. The highest BCUT2D eigenvalue weighted by atomic mass is 32.1. The minimum absolute atomic E-state index is 0.120. The first-order valence-corrected chi connectivity index (χ1v) is 4.63. The van der Waals surface area contributed by atoms with Gasteiger partial charge in [0.05, 0.1) is 6.07 Å². The molecule has 0 aromatic heterocycles.